The first-order chi connectivity index (χ1) is 11.4. The van der Waals surface area contributed by atoms with E-state index in [0.717, 1.165) is 5.56 Å². The molecule has 1 aliphatic carbocycles. The highest BCUT2D eigenvalue weighted by atomic mass is 32.2. The van der Waals surface area contributed by atoms with Crippen molar-refractivity contribution in [1.29, 1.82) is 0 Å². The van der Waals surface area contributed by atoms with Crippen molar-refractivity contribution in [2.75, 3.05) is 13.2 Å². The van der Waals surface area contributed by atoms with Crippen LogP contribution >= 0.6 is 0 Å². The van der Waals surface area contributed by atoms with Crippen LogP contribution in [0.3, 0.4) is 0 Å². The Bertz CT molecular complexity index is 845. The van der Waals surface area contributed by atoms with Crippen LogP contribution in [0, 0.1) is 18.2 Å². The van der Waals surface area contributed by atoms with Gasteiger partial charge in [0.15, 0.2) is 9.84 Å². The van der Waals surface area contributed by atoms with E-state index in [9.17, 15) is 17.9 Å². The van der Waals surface area contributed by atoms with Gasteiger partial charge in [0.25, 0.3) is 0 Å². The van der Waals surface area contributed by atoms with Gasteiger partial charge in [-0.05, 0) is 36.8 Å². The van der Waals surface area contributed by atoms with Gasteiger partial charge >= 0.3 is 0 Å². The molecule has 0 heterocycles. The summed E-state index contributed by atoms with van der Waals surface area (Å²) in [6.07, 6.45) is 0. The number of rotatable bonds is 5. The van der Waals surface area contributed by atoms with Gasteiger partial charge in [0, 0.05) is 17.9 Å². The van der Waals surface area contributed by atoms with E-state index in [0.29, 0.717) is 5.56 Å². The molecule has 0 spiro atoms. The highest BCUT2D eigenvalue weighted by Crippen LogP contribution is 2.63. The number of nitrogens with two attached hydrogens (primary N) is 1. The lowest BCUT2D eigenvalue weighted by Gasteiger charge is -2.12. The second-order valence-corrected chi connectivity index (χ2v) is 8.48. The van der Waals surface area contributed by atoms with Crippen molar-refractivity contribution in [3.63, 3.8) is 0 Å². The quantitative estimate of drug-likeness (QED) is 0.865. The fourth-order valence-electron chi connectivity index (χ4n) is 3.52. The fraction of sp³-hybridized carbons (Fsp3) is 0.333. The standard InChI is InChI=1S/C18H20FNO3S/c1-12-5-7-15(8-6-12)24(22,23)17-16(18(17,10-20)11-21)13-3-2-4-14(19)9-13/h2-9,16-17,21H,10-11,20H2,1H3/t16-,17-,18-/m1/s1. The Morgan fingerprint density at radius 3 is 2.42 bits per heavy atom. The van der Waals surface area contributed by atoms with E-state index in [1.54, 1.807) is 30.3 Å². The van der Waals surface area contributed by atoms with Gasteiger partial charge < -0.3 is 10.8 Å². The van der Waals surface area contributed by atoms with E-state index in [-0.39, 0.29) is 18.0 Å². The monoisotopic (exact) mass is 349 g/mol. The Morgan fingerprint density at radius 1 is 1.21 bits per heavy atom. The number of benzene rings is 2. The number of aliphatic hydroxyl groups is 1. The van der Waals surface area contributed by atoms with Gasteiger partial charge in [0.2, 0.25) is 0 Å². The van der Waals surface area contributed by atoms with Gasteiger partial charge in [-0.2, -0.15) is 0 Å². The molecule has 24 heavy (non-hydrogen) atoms. The minimum Gasteiger partial charge on any atom is -0.396 e. The van der Waals surface area contributed by atoms with E-state index in [4.69, 9.17) is 5.73 Å². The van der Waals surface area contributed by atoms with Crippen molar-refractivity contribution in [3.8, 4) is 0 Å². The molecule has 1 fully saturated rings. The summed E-state index contributed by atoms with van der Waals surface area (Å²) in [7, 11) is -3.69. The summed E-state index contributed by atoms with van der Waals surface area (Å²) in [4.78, 5) is 0.197. The molecule has 3 N–H and O–H groups in total. The van der Waals surface area contributed by atoms with Gasteiger partial charge in [-0.1, -0.05) is 29.8 Å². The molecule has 128 valence electrons. The molecule has 0 unspecified atom stereocenters. The molecule has 0 aromatic heterocycles. The van der Waals surface area contributed by atoms with Gasteiger partial charge in [-0.25, -0.2) is 12.8 Å². The Balaban J connectivity index is 2.06. The zero-order chi connectivity index (χ0) is 17.5. The second-order valence-electron chi connectivity index (χ2n) is 6.41. The van der Waals surface area contributed by atoms with Gasteiger partial charge in [-0.3, -0.25) is 0 Å². The summed E-state index contributed by atoms with van der Waals surface area (Å²) < 4.78 is 39.7. The number of aryl methyl sites for hydroxylation is 1. The maximum Gasteiger partial charge on any atom is 0.182 e. The average molecular weight is 349 g/mol. The van der Waals surface area contributed by atoms with E-state index >= 15 is 0 Å². The lowest BCUT2D eigenvalue weighted by molar-refractivity contribution is 0.212. The van der Waals surface area contributed by atoms with Crippen LogP contribution in [-0.4, -0.2) is 31.9 Å². The van der Waals surface area contributed by atoms with Crippen molar-refractivity contribution in [3.05, 3.63) is 65.5 Å². The predicted molar refractivity (Wildman–Crippen MR) is 89.9 cm³/mol. The van der Waals surface area contributed by atoms with Gasteiger partial charge in [0.1, 0.15) is 5.82 Å². The lowest BCUT2D eigenvalue weighted by Crippen LogP contribution is -2.27. The molecule has 1 aliphatic rings. The number of sulfone groups is 1. The van der Waals surface area contributed by atoms with E-state index in [1.165, 1.54) is 18.2 Å². The molecule has 2 aromatic carbocycles. The van der Waals surface area contributed by atoms with Crippen LogP contribution < -0.4 is 5.73 Å². The molecule has 6 heteroatoms. The molecule has 3 atom stereocenters. The maximum atomic E-state index is 13.6. The van der Waals surface area contributed by atoms with Crippen molar-refractivity contribution in [2.45, 2.75) is 23.0 Å². The SMILES string of the molecule is Cc1ccc(S(=O)(=O)[C@@H]2[C@@H](c3cccc(F)c3)[C@@]2(CN)CO)cc1. The van der Waals surface area contributed by atoms with Gasteiger partial charge in [0.05, 0.1) is 16.8 Å². The third kappa shape index (κ3) is 2.55. The molecular formula is C18H20FNO3S. The zero-order valence-electron chi connectivity index (χ0n) is 13.3. The van der Waals surface area contributed by atoms with Crippen molar-refractivity contribution in [2.24, 2.45) is 11.1 Å². The van der Waals surface area contributed by atoms with Crippen LogP contribution in [0.1, 0.15) is 17.0 Å². The molecule has 0 bridgehead atoms. The second kappa shape index (κ2) is 5.95. The first-order valence-electron chi connectivity index (χ1n) is 7.74. The third-order valence-electron chi connectivity index (χ3n) is 4.95. The van der Waals surface area contributed by atoms with Crippen LogP contribution in [0.15, 0.2) is 53.4 Å². The minimum atomic E-state index is -3.69. The van der Waals surface area contributed by atoms with Crippen LogP contribution in [0.2, 0.25) is 0 Å². The summed E-state index contributed by atoms with van der Waals surface area (Å²) in [6, 6.07) is 12.4. The number of hydrogen-bond donors (Lipinski definition) is 2. The largest absolute Gasteiger partial charge is 0.396 e. The first kappa shape index (κ1) is 17.1. The topological polar surface area (TPSA) is 80.4 Å². The Morgan fingerprint density at radius 2 is 1.88 bits per heavy atom. The molecule has 3 rings (SSSR count). The number of halogens is 1. The van der Waals surface area contributed by atoms with Crippen molar-refractivity contribution in [1.82, 2.24) is 0 Å². The van der Waals surface area contributed by atoms with Gasteiger partial charge in [-0.15, -0.1) is 0 Å². The van der Waals surface area contributed by atoms with Crippen molar-refractivity contribution < 1.29 is 17.9 Å². The summed E-state index contributed by atoms with van der Waals surface area (Å²) >= 11 is 0. The summed E-state index contributed by atoms with van der Waals surface area (Å²) in [5.74, 6) is -0.954. The smallest absolute Gasteiger partial charge is 0.182 e. The summed E-state index contributed by atoms with van der Waals surface area (Å²) in [5, 5.41) is 8.99. The predicted octanol–water partition coefficient (Wildman–Crippen LogP) is 2.01. The highest BCUT2D eigenvalue weighted by molar-refractivity contribution is 7.92. The molecule has 1 saturated carbocycles. The molecular weight excluding hydrogens is 329 g/mol. The van der Waals surface area contributed by atoms with Crippen molar-refractivity contribution >= 4 is 9.84 Å². The molecule has 0 saturated heterocycles. The molecule has 0 aliphatic heterocycles. The fourth-order valence-corrected chi connectivity index (χ4v) is 5.97. The molecule has 2 aromatic rings. The van der Waals surface area contributed by atoms with Crippen LogP contribution in [0.25, 0.3) is 0 Å². The van der Waals surface area contributed by atoms with E-state index in [2.05, 4.69) is 0 Å². The van der Waals surface area contributed by atoms with Crippen LogP contribution in [0.4, 0.5) is 4.39 Å². The Hall–Kier alpha value is -1.76. The van der Waals surface area contributed by atoms with E-state index in [1.807, 2.05) is 6.92 Å². The molecule has 0 amide bonds. The minimum absolute atomic E-state index is 0.0143. The summed E-state index contributed by atoms with van der Waals surface area (Å²) in [5.41, 5.74) is 6.35. The zero-order valence-corrected chi connectivity index (χ0v) is 14.1. The lowest BCUT2D eigenvalue weighted by atomic mass is 10.00. The molecule has 0 radical (unpaired) electrons. The average Bonchev–Trinajstić information content (AvgIpc) is 3.26. The van der Waals surface area contributed by atoms with E-state index < -0.39 is 32.2 Å². The maximum absolute atomic E-state index is 13.6. The number of aliphatic hydroxyl groups excluding tert-OH is 1. The van der Waals surface area contributed by atoms with Crippen LogP contribution in [0.5, 0.6) is 0 Å². The first-order valence-corrected chi connectivity index (χ1v) is 9.28. The highest BCUT2D eigenvalue weighted by Gasteiger charge is 2.70. The number of hydrogen-bond acceptors (Lipinski definition) is 4. The summed E-state index contributed by atoms with van der Waals surface area (Å²) in [6.45, 7) is 1.53. The molecule has 4 nitrogen and oxygen atoms in total. The normalized spacial score (nSPS) is 26.3. The Labute approximate surface area is 141 Å². The third-order valence-corrected chi connectivity index (χ3v) is 7.29. The van der Waals surface area contributed by atoms with Crippen LogP contribution in [-0.2, 0) is 9.84 Å². The Kier molecular flexibility index (Phi) is 4.23.